The topological polar surface area (TPSA) is 101 Å². The Labute approximate surface area is 259 Å². The maximum Gasteiger partial charge on any atom is 0.264 e. The van der Waals surface area contributed by atoms with Gasteiger partial charge in [0.05, 0.1) is 29.6 Å². The van der Waals surface area contributed by atoms with E-state index in [0.29, 0.717) is 29.3 Å². The minimum absolute atomic E-state index is 0.0878. The van der Waals surface area contributed by atoms with Crippen molar-refractivity contribution < 1.29 is 25.8 Å². The number of carbonyl (C=O) groups is 1. The summed E-state index contributed by atoms with van der Waals surface area (Å²) in [6, 6.07) is 13.6. The number of piperidine rings is 1. The van der Waals surface area contributed by atoms with Gasteiger partial charge in [-0.15, -0.1) is 6.58 Å². The van der Waals surface area contributed by atoms with E-state index < -0.39 is 42.9 Å². The molecule has 230 valence electrons. The van der Waals surface area contributed by atoms with Gasteiger partial charge in [-0.2, -0.15) is 8.42 Å². The largest absolute Gasteiger partial charge is 0.330 e. The molecule has 1 aliphatic carbocycles. The molecule has 0 N–H and O–H groups in total. The molecule has 2 aromatic rings. The molecule has 4 unspecified atom stereocenters. The van der Waals surface area contributed by atoms with Crippen LogP contribution in [0, 0.1) is 5.41 Å². The van der Waals surface area contributed by atoms with Crippen LogP contribution in [0.25, 0.3) is 0 Å². The Hall–Kier alpha value is -1.95. The average Bonchev–Trinajstić information content (AvgIpc) is 3.78. The van der Waals surface area contributed by atoms with Crippen LogP contribution in [0.5, 0.6) is 0 Å². The lowest BCUT2D eigenvalue weighted by Gasteiger charge is -2.53. The molecule has 42 heavy (non-hydrogen) atoms. The Balaban J connectivity index is 1.91. The van der Waals surface area contributed by atoms with E-state index >= 15 is 0 Å². The molecule has 0 aromatic heterocycles. The van der Waals surface area contributed by atoms with Crippen LogP contribution >= 0.6 is 23.2 Å². The molecular formula is C30H38Cl2N2O6S2. The minimum Gasteiger partial charge on any atom is -0.330 e. The van der Waals surface area contributed by atoms with Crippen molar-refractivity contribution in [1.82, 2.24) is 9.21 Å². The lowest BCUT2D eigenvalue weighted by Crippen LogP contribution is -2.60. The van der Waals surface area contributed by atoms with E-state index in [-0.39, 0.29) is 37.8 Å². The molecule has 4 atom stereocenters. The summed E-state index contributed by atoms with van der Waals surface area (Å²) in [7, 11) is -5.83. The number of halogens is 2. The van der Waals surface area contributed by atoms with Crippen LogP contribution in [0.4, 0.5) is 0 Å². The van der Waals surface area contributed by atoms with E-state index in [9.17, 15) is 21.6 Å². The second-order valence-electron chi connectivity index (χ2n) is 11.4. The van der Waals surface area contributed by atoms with Gasteiger partial charge in [0.1, 0.15) is 0 Å². The predicted molar refractivity (Wildman–Crippen MR) is 167 cm³/mol. The number of likely N-dealkylation sites (N-methyl/N-ethyl adjacent to an activating group) is 1. The molecule has 1 heterocycles. The van der Waals surface area contributed by atoms with E-state index in [4.69, 9.17) is 27.4 Å². The highest BCUT2D eigenvalue weighted by molar-refractivity contribution is 7.90. The number of carbonyl (C=O) groups excluding carboxylic acids is 1. The molecule has 2 aromatic carbocycles. The Bertz CT molecular complexity index is 1510. The lowest BCUT2D eigenvalue weighted by atomic mass is 9.66. The van der Waals surface area contributed by atoms with Crippen LogP contribution < -0.4 is 0 Å². The summed E-state index contributed by atoms with van der Waals surface area (Å²) < 4.78 is 57.3. The van der Waals surface area contributed by atoms with Gasteiger partial charge in [-0.1, -0.05) is 60.5 Å². The Morgan fingerprint density at radius 3 is 2.31 bits per heavy atom. The molecule has 0 spiro atoms. The molecule has 4 rings (SSSR count). The van der Waals surface area contributed by atoms with Crippen molar-refractivity contribution in [2.24, 2.45) is 5.41 Å². The molecule has 1 saturated heterocycles. The fourth-order valence-electron chi connectivity index (χ4n) is 5.98. The Morgan fingerprint density at radius 1 is 1.10 bits per heavy atom. The van der Waals surface area contributed by atoms with Crippen LogP contribution in [0.15, 0.2) is 61.2 Å². The first kappa shape index (κ1) is 33.0. The van der Waals surface area contributed by atoms with Crippen LogP contribution in [0.2, 0.25) is 10.0 Å². The van der Waals surface area contributed by atoms with Gasteiger partial charge in [-0.3, -0.25) is 8.98 Å². The summed E-state index contributed by atoms with van der Waals surface area (Å²) >= 11 is 12.7. The molecular weight excluding hydrogens is 619 g/mol. The molecule has 2 aliphatic rings. The number of sulfonamides is 1. The molecule has 1 aliphatic heterocycles. The van der Waals surface area contributed by atoms with Crippen molar-refractivity contribution in [1.29, 1.82) is 0 Å². The fourth-order valence-corrected chi connectivity index (χ4v) is 8.36. The third kappa shape index (κ3) is 7.22. The standard InChI is InChI=1S/C30H38Cl2N2O6S2/c1-5-16-30(20-40-41(4,36)37)18-27(22-8-7-9-24(32)17-22)28(21-10-12-23(31)13-11-21)34(29(30)35)25(6-2)19-33(3)42(38,39)26-14-15-26/h5,7-13,17,25-28H,1,6,14-16,18-20H2,2-4H3. The summed E-state index contributed by atoms with van der Waals surface area (Å²) in [4.78, 5) is 16.6. The van der Waals surface area contributed by atoms with E-state index in [1.807, 2.05) is 37.3 Å². The van der Waals surface area contributed by atoms with Gasteiger partial charge in [0.2, 0.25) is 15.9 Å². The summed E-state index contributed by atoms with van der Waals surface area (Å²) in [6.07, 6.45) is 4.68. The van der Waals surface area contributed by atoms with Crippen LogP contribution in [0.3, 0.4) is 0 Å². The fraction of sp³-hybridized carbons (Fsp3) is 0.500. The van der Waals surface area contributed by atoms with E-state index in [2.05, 4.69) is 6.58 Å². The third-order valence-electron chi connectivity index (χ3n) is 8.26. The first-order valence-electron chi connectivity index (χ1n) is 14.0. The zero-order valence-corrected chi connectivity index (χ0v) is 27.2. The highest BCUT2D eigenvalue weighted by Gasteiger charge is 2.54. The van der Waals surface area contributed by atoms with Gasteiger partial charge < -0.3 is 4.90 Å². The molecule has 1 amide bonds. The minimum atomic E-state index is -3.88. The van der Waals surface area contributed by atoms with Gasteiger partial charge in [0.25, 0.3) is 10.1 Å². The second kappa shape index (κ2) is 13.0. The Kier molecular flexibility index (Phi) is 10.2. The number of likely N-dealkylation sites (tertiary alicyclic amines) is 1. The van der Waals surface area contributed by atoms with Crippen molar-refractivity contribution in [3.05, 3.63) is 82.4 Å². The highest BCUT2D eigenvalue weighted by atomic mass is 35.5. The number of hydrogen-bond acceptors (Lipinski definition) is 6. The van der Waals surface area contributed by atoms with Crippen LogP contribution in [-0.4, -0.2) is 69.7 Å². The summed E-state index contributed by atoms with van der Waals surface area (Å²) in [6.45, 7) is 5.51. The smallest absolute Gasteiger partial charge is 0.264 e. The van der Waals surface area contributed by atoms with Gasteiger partial charge >= 0.3 is 0 Å². The van der Waals surface area contributed by atoms with Crippen molar-refractivity contribution in [2.75, 3.05) is 26.5 Å². The zero-order chi connectivity index (χ0) is 30.9. The molecule has 1 saturated carbocycles. The third-order valence-corrected chi connectivity index (χ3v) is 11.6. The quantitative estimate of drug-likeness (QED) is 0.200. The van der Waals surface area contributed by atoms with Crippen molar-refractivity contribution in [3.8, 4) is 0 Å². The molecule has 8 nitrogen and oxygen atoms in total. The number of nitrogens with zero attached hydrogens (tertiary/aromatic N) is 2. The van der Waals surface area contributed by atoms with Crippen molar-refractivity contribution >= 4 is 49.3 Å². The maximum atomic E-state index is 14.8. The van der Waals surface area contributed by atoms with Crippen LogP contribution in [0.1, 0.15) is 62.1 Å². The predicted octanol–water partition coefficient (Wildman–Crippen LogP) is 5.79. The van der Waals surface area contributed by atoms with Crippen molar-refractivity contribution in [2.45, 2.75) is 62.3 Å². The number of benzene rings is 2. The monoisotopic (exact) mass is 656 g/mol. The molecule has 0 radical (unpaired) electrons. The summed E-state index contributed by atoms with van der Waals surface area (Å²) in [5.74, 6) is -0.654. The van der Waals surface area contributed by atoms with Gasteiger partial charge in [-0.25, -0.2) is 12.7 Å². The number of allylic oxidation sites excluding steroid dienone is 1. The number of hydrogen-bond donors (Lipinski definition) is 0. The van der Waals surface area contributed by atoms with Crippen molar-refractivity contribution in [3.63, 3.8) is 0 Å². The maximum absolute atomic E-state index is 14.8. The van der Waals surface area contributed by atoms with Crippen LogP contribution in [-0.2, 0) is 29.1 Å². The summed E-state index contributed by atoms with van der Waals surface area (Å²) in [5, 5.41) is 0.665. The first-order valence-corrected chi connectivity index (χ1v) is 18.0. The normalized spacial score (nSPS) is 24.1. The molecule has 0 bridgehead atoms. The number of amides is 1. The SMILES string of the molecule is C=CCC1(COS(C)(=O)=O)CC(c2cccc(Cl)c2)C(c2ccc(Cl)cc2)N(C(CC)CN(C)S(=O)(=O)C2CC2)C1=O. The second-order valence-corrected chi connectivity index (χ2v) is 16.2. The van der Waals surface area contributed by atoms with E-state index in [1.165, 1.54) is 4.31 Å². The van der Waals surface area contributed by atoms with Gasteiger partial charge in [0.15, 0.2) is 0 Å². The lowest BCUT2D eigenvalue weighted by molar-refractivity contribution is -0.158. The number of rotatable bonds is 13. The molecule has 2 fully saturated rings. The van der Waals surface area contributed by atoms with Gasteiger partial charge in [0, 0.05) is 35.6 Å². The molecule has 12 heteroatoms. The average molecular weight is 658 g/mol. The van der Waals surface area contributed by atoms with Gasteiger partial charge in [-0.05, 0) is 67.5 Å². The summed E-state index contributed by atoms with van der Waals surface area (Å²) in [5.41, 5.74) is 0.406. The highest BCUT2D eigenvalue weighted by Crippen LogP contribution is 2.53. The zero-order valence-electron chi connectivity index (χ0n) is 24.1. The van der Waals surface area contributed by atoms with E-state index in [1.54, 1.807) is 36.2 Å². The Morgan fingerprint density at radius 2 is 1.76 bits per heavy atom. The van der Waals surface area contributed by atoms with E-state index in [0.717, 1.165) is 17.4 Å². The first-order chi connectivity index (χ1) is 19.7.